The van der Waals surface area contributed by atoms with Crippen molar-refractivity contribution in [3.8, 4) is 16.5 Å². The summed E-state index contributed by atoms with van der Waals surface area (Å²) in [6.45, 7) is 2.40. The van der Waals surface area contributed by atoms with Crippen molar-refractivity contribution < 1.29 is 23.6 Å². The second-order valence-corrected chi connectivity index (χ2v) is 7.40. The number of quaternary nitrogens is 1. The number of hydrogen-bond donors (Lipinski definition) is 2. The van der Waals surface area contributed by atoms with Gasteiger partial charge in [0.15, 0.2) is 13.1 Å². The molecule has 0 saturated heterocycles. The monoisotopic (exact) mass is 417 g/mol. The van der Waals surface area contributed by atoms with Gasteiger partial charge in [0, 0.05) is 13.7 Å². The number of methoxy groups -OCH3 is 2. The van der Waals surface area contributed by atoms with Crippen LogP contribution in [0, 0.1) is 0 Å². The summed E-state index contributed by atoms with van der Waals surface area (Å²) in [4.78, 5) is 14.3. The van der Waals surface area contributed by atoms with Gasteiger partial charge in [0.25, 0.3) is 17.7 Å². The molecule has 8 nitrogen and oxygen atoms in total. The van der Waals surface area contributed by atoms with E-state index in [-0.39, 0.29) is 12.5 Å². The third-order valence-corrected chi connectivity index (χ3v) is 5.18. The van der Waals surface area contributed by atoms with Crippen LogP contribution in [-0.2, 0) is 22.6 Å². The Balaban J connectivity index is 1.54. The Hall–Kier alpha value is -2.75. The predicted octanol–water partition coefficient (Wildman–Crippen LogP) is 1.15. The van der Waals surface area contributed by atoms with E-state index in [4.69, 9.17) is 13.9 Å². The van der Waals surface area contributed by atoms with Crippen molar-refractivity contribution in [2.45, 2.75) is 13.1 Å². The van der Waals surface area contributed by atoms with Crippen LogP contribution in [0.15, 0.2) is 46.2 Å². The fourth-order valence-electron chi connectivity index (χ4n) is 2.76. The van der Waals surface area contributed by atoms with Crippen LogP contribution in [0.3, 0.4) is 0 Å². The number of nitrogens with one attached hydrogen (secondary N) is 2. The minimum absolute atomic E-state index is 0.0510. The lowest BCUT2D eigenvalue weighted by molar-refractivity contribution is -0.907. The predicted molar refractivity (Wildman–Crippen MR) is 109 cm³/mol. The SMILES string of the molecule is COCC[NH+](CC(=O)NCc1ccc(OC)cc1)Cc1nnc(-c2cccs2)o1. The smallest absolute Gasteiger partial charge is 0.275 e. The van der Waals surface area contributed by atoms with Crippen LogP contribution in [0.1, 0.15) is 11.5 Å². The molecule has 1 aromatic carbocycles. The Labute approximate surface area is 173 Å². The highest BCUT2D eigenvalue weighted by molar-refractivity contribution is 7.13. The summed E-state index contributed by atoms with van der Waals surface area (Å²) >= 11 is 1.54. The van der Waals surface area contributed by atoms with Gasteiger partial charge >= 0.3 is 0 Å². The molecule has 154 valence electrons. The average molecular weight is 418 g/mol. The molecule has 3 rings (SSSR count). The zero-order chi connectivity index (χ0) is 20.5. The minimum Gasteiger partial charge on any atom is -0.497 e. The first kappa shape index (κ1) is 21.0. The van der Waals surface area contributed by atoms with Gasteiger partial charge in [0.1, 0.15) is 12.3 Å². The lowest BCUT2D eigenvalue weighted by atomic mass is 10.2. The summed E-state index contributed by atoms with van der Waals surface area (Å²) in [7, 11) is 3.27. The normalized spacial score (nSPS) is 11.9. The van der Waals surface area contributed by atoms with Crippen molar-refractivity contribution >= 4 is 17.2 Å². The molecule has 3 aromatic rings. The van der Waals surface area contributed by atoms with Gasteiger partial charge in [-0.15, -0.1) is 21.5 Å². The van der Waals surface area contributed by atoms with E-state index in [9.17, 15) is 4.79 Å². The summed E-state index contributed by atoms with van der Waals surface area (Å²) in [5, 5.41) is 13.1. The Morgan fingerprint density at radius 2 is 2.03 bits per heavy atom. The van der Waals surface area contributed by atoms with Crippen molar-refractivity contribution in [3.63, 3.8) is 0 Å². The molecule has 0 saturated carbocycles. The summed E-state index contributed by atoms with van der Waals surface area (Å²) in [5.74, 6) is 1.74. The molecule has 0 aliphatic heterocycles. The first-order valence-corrected chi connectivity index (χ1v) is 10.1. The van der Waals surface area contributed by atoms with E-state index >= 15 is 0 Å². The molecule has 0 aliphatic carbocycles. The lowest BCUT2D eigenvalue weighted by Gasteiger charge is -2.17. The number of nitrogens with zero attached hydrogens (tertiary/aromatic N) is 2. The molecule has 2 N–H and O–H groups in total. The number of benzene rings is 1. The van der Waals surface area contributed by atoms with Crippen LogP contribution >= 0.6 is 11.3 Å². The highest BCUT2D eigenvalue weighted by Crippen LogP contribution is 2.22. The first-order chi connectivity index (χ1) is 14.2. The molecule has 1 atom stereocenters. The minimum atomic E-state index is -0.0510. The van der Waals surface area contributed by atoms with Gasteiger partial charge in [0.05, 0.1) is 18.6 Å². The van der Waals surface area contributed by atoms with Crippen LogP contribution in [0.5, 0.6) is 5.75 Å². The molecule has 1 unspecified atom stereocenters. The standard InChI is InChI=1S/C20H24N4O4S/c1-26-10-9-24(14-19-22-23-20(28-19)17-4-3-11-29-17)13-18(25)21-12-15-5-7-16(27-2)8-6-15/h3-8,11H,9-10,12-14H2,1-2H3,(H,21,25)/p+1. The van der Waals surface area contributed by atoms with E-state index in [0.717, 1.165) is 21.1 Å². The number of rotatable bonds is 11. The number of aromatic nitrogens is 2. The zero-order valence-electron chi connectivity index (χ0n) is 16.5. The molecular formula is C20H25N4O4S+. The molecular weight excluding hydrogens is 392 g/mol. The topological polar surface area (TPSA) is 90.9 Å². The largest absolute Gasteiger partial charge is 0.497 e. The van der Waals surface area contributed by atoms with Gasteiger partial charge in [-0.05, 0) is 29.1 Å². The molecule has 2 heterocycles. The number of amides is 1. The van der Waals surface area contributed by atoms with Gasteiger partial charge < -0.3 is 24.1 Å². The molecule has 0 aliphatic rings. The summed E-state index contributed by atoms with van der Waals surface area (Å²) in [6.07, 6.45) is 0. The Morgan fingerprint density at radius 3 is 2.72 bits per heavy atom. The number of hydrogen-bond acceptors (Lipinski definition) is 7. The fourth-order valence-corrected chi connectivity index (χ4v) is 3.40. The molecule has 2 aromatic heterocycles. The number of carbonyl (C=O) groups is 1. The van der Waals surface area contributed by atoms with Crippen LogP contribution in [0.25, 0.3) is 10.8 Å². The Kier molecular flexibility index (Phi) is 7.74. The number of thiophene rings is 1. The zero-order valence-corrected chi connectivity index (χ0v) is 17.3. The van der Waals surface area contributed by atoms with Crippen molar-refractivity contribution in [3.05, 3.63) is 53.2 Å². The summed E-state index contributed by atoms with van der Waals surface area (Å²) in [5.41, 5.74) is 1.01. The van der Waals surface area contributed by atoms with E-state index in [2.05, 4.69) is 15.5 Å². The van der Waals surface area contributed by atoms with E-state index < -0.39 is 0 Å². The molecule has 0 fully saturated rings. The van der Waals surface area contributed by atoms with Crippen LogP contribution in [0.4, 0.5) is 0 Å². The Morgan fingerprint density at radius 1 is 1.21 bits per heavy atom. The second kappa shape index (κ2) is 10.7. The average Bonchev–Trinajstić information content (AvgIpc) is 3.43. The highest BCUT2D eigenvalue weighted by atomic mass is 32.1. The van der Waals surface area contributed by atoms with Gasteiger partial charge in [-0.25, -0.2) is 0 Å². The van der Waals surface area contributed by atoms with Crippen molar-refractivity contribution in [1.29, 1.82) is 0 Å². The van der Waals surface area contributed by atoms with Gasteiger partial charge in [-0.3, -0.25) is 4.79 Å². The maximum absolute atomic E-state index is 12.4. The number of carbonyl (C=O) groups excluding carboxylic acids is 1. The van der Waals surface area contributed by atoms with Gasteiger partial charge in [-0.2, -0.15) is 0 Å². The van der Waals surface area contributed by atoms with Crippen molar-refractivity contribution in [2.75, 3.05) is 33.9 Å². The van der Waals surface area contributed by atoms with Crippen LogP contribution in [-0.4, -0.2) is 50.0 Å². The van der Waals surface area contributed by atoms with Crippen LogP contribution < -0.4 is 15.0 Å². The lowest BCUT2D eigenvalue weighted by Crippen LogP contribution is -3.12. The molecule has 29 heavy (non-hydrogen) atoms. The van der Waals surface area contributed by atoms with Crippen molar-refractivity contribution in [2.24, 2.45) is 0 Å². The molecule has 0 radical (unpaired) electrons. The van der Waals surface area contributed by atoms with Crippen molar-refractivity contribution in [1.82, 2.24) is 15.5 Å². The van der Waals surface area contributed by atoms with E-state index in [1.54, 1.807) is 25.6 Å². The molecule has 0 bridgehead atoms. The summed E-state index contributed by atoms with van der Waals surface area (Å²) in [6, 6.07) is 11.5. The third kappa shape index (κ3) is 6.38. The quantitative estimate of drug-likeness (QED) is 0.487. The van der Waals surface area contributed by atoms with E-state index in [1.807, 2.05) is 41.8 Å². The van der Waals surface area contributed by atoms with Gasteiger partial charge in [-0.1, -0.05) is 18.2 Å². The third-order valence-electron chi connectivity index (χ3n) is 4.32. The maximum atomic E-state index is 12.4. The highest BCUT2D eigenvalue weighted by Gasteiger charge is 2.19. The maximum Gasteiger partial charge on any atom is 0.275 e. The van der Waals surface area contributed by atoms with E-state index in [1.165, 1.54) is 0 Å². The summed E-state index contributed by atoms with van der Waals surface area (Å²) < 4.78 is 16.1. The van der Waals surface area contributed by atoms with Crippen LogP contribution in [0.2, 0.25) is 0 Å². The molecule has 0 spiro atoms. The fraction of sp³-hybridized carbons (Fsp3) is 0.350. The first-order valence-electron chi connectivity index (χ1n) is 9.26. The number of ether oxygens (including phenoxy) is 2. The molecule has 9 heteroatoms. The van der Waals surface area contributed by atoms with Gasteiger partial charge in [0.2, 0.25) is 0 Å². The molecule has 1 amide bonds. The second-order valence-electron chi connectivity index (χ2n) is 6.45. The van der Waals surface area contributed by atoms with E-state index in [0.29, 0.717) is 38.0 Å². The Bertz CT molecular complexity index is 880.